The van der Waals surface area contributed by atoms with Gasteiger partial charge >= 0.3 is 0 Å². The molecule has 1 atom stereocenters. The van der Waals surface area contributed by atoms with Crippen LogP contribution in [0.2, 0.25) is 0 Å². The molecule has 0 aromatic carbocycles. The average molecular weight is 347 g/mol. The van der Waals surface area contributed by atoms with Crippen molar-refractivity contribution in [2.45, 2.75) is 32.3 Å². The van der Waals surface area contributed by atoms with Crippen LogP contribution in [0.4, 0.5) is 5.95 Å². The molecule has 2 N–H and O–H groups in total. The topological polar surface area (TPSA) is 91.2 Å². The number of aryl methyl sites for hydroxylation is 2. The van der Waals surface area contributed by atoms with Crippen LogP contribution in [0.5, 0.6) is 0 Å². The van der Waals surface area contributed by atoms with E-state index in [0.717, 1.165) is 15.6 Å². The monoisotopic (exact) mass is 347 g/mol. The summed E-state index contributed by atoms with van der Waals surface area (Å²) in [6.07, 6.45) is 4.24. The van der Waals surface area contributed by atoms with Crippen LogP contribution in [0.15, 0.2) is 18.5 Å². The summed E-state index contributed by atoms with van der Waals surface area (Å²) in [5, 5.41) is 14.5. The lowest BCUT2D eigenvalue weighted by Crippen LogP contribution is -2.45. The Kier molecular flexibility index (Phi) is 4.77. The molecule has 0 radical (unpaired) electrons. The first kappa shape index (κ1) is 16.8. The number of hydrogen-bond acceptors (Lipinski definition) is 7. The molecule has 128 valence electrons. The van der Waals surface area contributed by atoms with Crippen LogP contribution in [0.25, 0.3) is 0 Å². The fraction of sp³-hybridized carbons (Fsp3) is 0.500. The van der Waals surface area contributed by atoms with Crippen LogP contribution >= 0.6 is 11.3 Å². The number of hydrogen-bond donors (Lipinski definition) is 2. The second kappa shape index (κ2) is 6.82. The minimum Gasteiger partial charge on any atom is -0.386 e. The molecule has 0 bridgehead atoms. The number of thiazole rings is 1. The molecule has 0 saturated carbocycles. The van der Waals surface area contributed by atoms with Gasteiger partial charge in [0, 0.05) is 30.4 Å². The van der Waals surface area contributed by atoms with E-state index in [2.05, 4.69) is 20.3 Å². The minimum absolute atomic E-state index is 0.0930. The summed E-state index contributed by atoms with van der Waals surface area (Å²) >= 11 is 1.54. The predicted molar refractivity (Wildman–Crippen MR) is 92.1 cm³/mol. The highest BCUT2D eigenvalue weighted by molar-refractivity contribution is 7.11. The number of aromatic nitrogens is 3. The normalized spacial score (nSPS) is 20.4. The van der Waals surface area contributed by atoms with Crippen molar-refractivity contribution in [2.24, 2.45) is 0 Å². The van der Waals surface area contributed by atoms with E-state index < -0.39 is 5.60 Å². The third kappa shape index (κ3) is 3.88. The van der Waals surface area contributed by atoms with E-state index in [-0.39, 0.29) is 12.5 Å². The van der Waals surface area contributed by atoms with Gasteiger partial charge in [-0.05, 0) is 26.3 Å². The van der Waals surface area contributed by atoms with Gasteiger partial charge in [0.25, 0.3) is 0 Å². The van der Waals surface area contributed by atoms with Crippen LogP contribution in [0.3, 0.4) is 0 Å². The fourth-order valence-corrected chi connectivity index (χ4v) is 3.77. The van der Waals surface area contributed by atoms with E-state index in [1.807, 2.05) is 18.7 Å². The molecular weight excluding hydrogens is 326 g/mol. The van der Waals surface area contributed by atoms with E-state index in [1.54, 1.807) is 18.5 Å². The lowest BCUT2D eigenvalue weighted by Gasteiger charge is -2.23. The van der Waals surface area contributed by atoms with Crippen molar-refractivity contribution in [2.75, 3.05) is 24.5 Å². The zero-order chi connectivity index (χ0) is 17.2. The maximum absolute atomic E-state index is 12.1. The Hall–Kier alpha value is -2.06. The number of amides is 1. The number of nitrogens with one attached hydrogen (secondary N) is 1. The van der Waals surface area contributed by atoms with Gasteiger partial charge in [-0.15, -0.1) is 11.3 Å². The lowest BCUT2D eigenvalue weighted by atomic mass is 10.0. The SMILES string of the molecule is Cc1nc(C)c(CC(=O)NC[C@@]2(O)CCN(c3ncccn3)C2)s1. The number of anilines is 1. The molecule has 0 unspecified atom stereocenters. The largest absolute Gasteiger partial charge is 0.386 e. The molecule has 24 heavy (non-hydrogen) atoms. The first-order valence-corrected chi connectivity index (χ1v) is 8.71. The Morgan fingerprint density at radius 3 is 2.83 bits per heavy atom. The molecule has 3 rings (SSSR count). The Labute approximate surface area is 144 Å². The number of aliphatic hydroxyl groups is 1. The van der Waals surface area contributed by atoms with Crippen molar-refractivity contribution in [3.05, 3.63) is 34.0 Å². The molecule has 2 aromatic rings. The van der Waals surface area contributed by atoms with Crippen molar-refractivity contribution >= 4 is 23.2 Å². The van der Waals surface area contributed by atoms with Crippen LogP contribution < -0.4 is 10.2 Å². The van der Waals surface area contributed by atoms with Crippen molar-refractivity contribution < 1.29 is 9.90 Å². The quantitative estimate of drug-likeness (QED) is 0.833. The number of β-amino-alcohol motifs (C(OH)–C–C–N with tert-alkyl or cyclic N) is 1. The Bertz CT molecular complexity index is 721. The molecule has 8 heteroatoms. The van der Waals surface area contributed by atoms with Gasteiger partial charge in [0.1, 0.15) is 5.60 Å². The van der Waals surface area contributed by atoms with Crippen LogP contribution in [0, 0.1) is 13.8 Å². The second-order valence-corrected chi connectivity index (χ2v) is 7.43. The number of carbonyl (C=O) groups excluding carboxylic acids is 1. The molecule has 0 aliphatic carbocycles. The summed E-state index contributed by atoms with van der Waals surface area (Å²) in [7, 11) is 0. The molecular formula is C16H21N5O2S. The Morgan fingerprint density at radius 1 is 1.42 bits per heavy atom. The third-order valence-electron chi connectivity index (χ3n) is 4.10. The Morgan fingerprint density at radius 2 is 2.17 bits per heavy atom. The number of nitrogens with zero attached hydrogens (tertiary/aromatic N) is 4. The first-order chi connectivity index (χ1) is 11.5. The molecule has 1 aliphatic rings. The van der Waals surface area contributed by atoms with Gasteiger partial charge in [-0.3, -0.25) is 4.79 Å². The minimum atomic E-state index is -0.951. The van der Waals surface area contributed by atoms with Crippen molar-refractivity contribution in [1.82, 2.24) is 20.3 Å². The highest BCUT2D eigenvalue weighted by atomic mass is 32.1. The average Bonchev–Trinajstić information content (AvgIpc) is 3.10. The maximum Gasteiger partial charge on any atom is 0.225 e. The zero-order valence-electron chi connectivity index (χ0n) is 13.8. The smallest absolute Gasteiger partial charge is 0.225 e. The van der Waals surface area contributed by atoms with Gasteiger partial charge in [-0.2, -0.15) is 0 Å². The van der Waals surface area contributed by atoms with Gasteiger partial charge in [0.2, 0.25) is 11.9 Å². The molecule has 1 fully saturated rings. The van der Waals surface area contributed by atoms with Crippen molar-refractivity contribution in [1.29, 1.82) is 0 Å². The molecule has 1 saturated heterocycles. The van der Waals surface area contributed by atoms with E-state index >= 15 is 0 Å². The lowest BCUT2D eigenvalue weighted by molar-refractivity contribution is -0.121. The maximum atomic E-state index is 12.1. The van der Waals surface area contributed by atoms with E-state index in [4.69, 9.17) is 0 Å². The summed E-state index contributed by atoms with van der Waals surface area (Å²) in [4.78, 5) is 27.8. The molecule has 2 aromatic heterocycles. The number of carbonyl (C=O) groups is 1. The summed E-state index contributed by atoms with van der Waals surface area (Å²) in [6.45, 7) is 5.15. The van der Waals surface area contributed by atoms with Gasteiger partial charge < -0.3 is 15.3 Å². The van der Waals surface area contributed by atoms with Crippen molar-refractivity contribution in [3.63, 3.8) is 0 Å². The summed E-state index contributed by atoms with van der Waals surface area (Å²) in [5.74, 6) is 0.514. The predicted octanol–water partition coefficient (Wildman–Crippen LogP) is 0.850. The molecule has 0 spiro atoms. The first-order valence-electron chi connectivity index (χ1n) is 7.89. The molecule has 1 aliphatic heterocycles. The summed E-state index contributed by atoms with van der Waals surface area (Å²) in [5.41, 5.74) is -0.0484. The third-order valence-corrected chi connectivity index (χ3v) is 5.18. The van der Waals surface area contributed by atoms with Crippen LogP contribution in [-0.2, 0) is 11.2 Å². The van der Waals surface area contributed by atoms with E-state index in [1.165, 1.54) is 11.3 Å². The van der Waals surface area contributed by atoms with Crippen molar-refractivity contribution in [3.8, 4) is 0 Å². The summed E-state index contributed by atoms with van der Waals surface area (Å²) < 4.78 is 0. The molecule has 1 amide bonds. The van der Waals surface area contributed by atoms with E-state index in [9.17, 15) is 9.90 Å². The van der Waals surface area contributed by atoms with Gasteiger partial charge in [0.05, 0.1) is 23.7 Å². The Balaban J connectivity index is 1.53. The zero-order valence-corrected chi connectivity index (χ0v) is 14.6. The van der Waals surface area contributed by atoms with Gasteiger partial charge in [0.15, 0.2) is 0 Å². The number of rotatable bonds is 5. The standard InChI is InChI=1S/C16H21N5O2S/c1-11-13(24-12(2)20-11)8-14(22)19-9-16(23)4-7-21(10-16)15-17-5-3-6-18-15/h3,5-6,23H,4,7-10H2,1-2H3,(H,19,22)/t16-/m0/s1. The molecule has 7 nitrogen and oxygen atoms in total. The molecule has 3 heterocycles. The second-order valence-electron chi connectivity index (χ2n) is 6.14. The fourth-order valence-electron chi connectivity index (χ4n) is 2.83. The van der Waals surface area contributed by atoms with E-state index in [0.29, 0.717) is 31.9 Å². The van der Waals surface area contributed by atoms with Gasteiger partial charge in [-0.1, -0.05) is 0 Å². The highest BCUT2D eigenvalue weighted by Gasteiger charge is 2.37. The highest BCUT2D eigenvalue weighted by Crippen LogP contribution is 2.24. The van der Waals surface area contributed by atoms with Crippen LogP contribution in [0.1, 0.15) is 22.0 Å². The van der Waals surface area contributed by atoms with Gasteiger partial charge in [-0.25, -0.2) is 15.0 Å². The summed E-state index contributed by atoms with van der Waals surface area (Å²) in [6, 6.07) is 1.76. The van der Waals surface area contributed by atoms with Crippen LogP contribution in [-0.4, -0.2) is 51.2 Å².